The summed E-state index contributed by atoms with van der Waals surface area (Å²) < 4.78 is 83.7. The molecule has 0 spiro atoms. The standard InChI is InChI=1S/C16H11ClF6N4O/c1-7-11(17)12(16(21,22)23)26-27(7)8(2)13-24-25-14(28-13)9-4-3-5-10(6-9)15(18,19)20/h3-6,8H,1-2H3. The molecule has 0 aliphatic carbocycles. The lowest BCUT2D eigenvalue weighted by molar-refractivity contribution is -0.141. The van der Waals surface area contributed by atoms with Gasteiger partial charge in [-0.15, -0.1) is 10.2 Å². The topological polar surface area (TPSA) is 56.7 Å². The van der Waals surface area contributed by atoms with Crippen LogP contribution in [0.4, 0.5) is 26.3 Å². The largest absolute Gasteiger partial charge is 0.436 e. The molecule has 1 atom stereocenters. The number of benzene rings is 1. The van der Waals surface area contributed by atoms with Crippen molar-refractivity contribution in [2.75, 3.05) is 0 Å². The van der Waals surface area contributed by atoms with Gasteiger partial charge in [0.25, 0.3) is 0 Å². The molecule has 0 radical (unpaired) electrons. The molecule has 3 aromatic rings. The molecular weight excluding hydrogens is 414 g/mol. The smallest absolute Gasteiger partial charge is 0.418 e. The maximum Gasteiger partial charge on any atom is 0.436 e. The minimum absolute atomic E-state index is 0.0203. The monoisotopic (exact) mass is 424 g/mol. The highest BCUT2D eigenvalue weighted by Gasteiger charge is 2.39. The first-order chi connectivity index (χ1) is 12.9. The zero-order chi connectivity index (χ0) is 20.9. The van der Waals surface area contributed by atoms with Crippen molar-refractivity contribution >= 4 is 11.6 Å². The van der Waals surface area contributed by atoms with Gasteiger partial charge in [-0.25, -0.2) is 0 Å². The number of rotatable bonds is 3. The van der Waals surface area contributed by atoms with E-state index in [0.717, 1.165) is 16.8 Å². The van der Waals surface area contributed by atoms with Crippen LogP contribution in [0, 0.1) is 6.92 Å². The van der Waals surface area contributed by atoms with Crippen LogP contribution >= 0.6 is 11.6 Å². The summed E-state index contributed by atoms with van der Waals surface area (Å²) in [6, 6.07) is 3.31. The number of nitrogens with zero attached hydrogens (tertiary/aromatic N) is 4. The van der Waals surface area contributed by atoms with E-state index in [0.29, 0.717) is 0 Å². The Balaban J connectivity index is 1.95. The molecule has 3 rings (SSSR count). The fraction of sp³-hybridized carbons (Fsp3) is 0.312. The zero-order valence-corrected chi connectivity index (χ0v) is 15.0. The summed E-state index contributed by atoms with van der Waals surface area (Å²) in [7, 11) is 0. The Morgan fingerprint density at radius 2 is 1.75 bits per heavy atom. The number of aromatic nitrogens is 4. The van der Waals surface area contributed by atoms with Gasteiger partial charge in [-0.2, -0.15) is 31.4 Å². The maximum absolute atomic E-state index is 13.0. The molecule has 2 heterocycles. The third kappa shape index (κ3) is 3.71. The van der Waals surface area contributed by atoms with Crippen LogP contribution in [-0.2, 0) is 12.4 Å². The Hall–Kier alpha value is -2.56. The Bertz CT molecular complexity index is 1010. The SMILES string of the molecule is Cc1c(Cl)c(C(F)(F)F)nn1C(C)c1nnc(-c2cccc(C(F)(F)F)c2)o1. The molecule has 0 aliphatic heterocycles. The van der Waals surface area contributed by atoms with E-state index in [2.05, 4.69) is 15.3 Å². The summed E-state index contributed by atoms with van der Waals surface area (Å²) in [5.74, 6) is -0.344. The van der Waals surface area contributed by atoms with Crippen molar-refractivity contribution in [3.8, 4) is 11.5 Å². The molecular formula is C16H11ClF6N4O. The second-order valence-electron chi connectivity index (χ2n) is 5.89. The van der Waals surface area contributed by atoms with Gasteiger partial charge < -0.3 is 4.42 Å². The average Bonchev–Trinajstić information content (AvgIpc) is 3.20. The molecule has 150 valence electrons. The highest BCUT2D eigenvalue weighted by Crippen LogP contribution is 2.37. The van der Waals surface area contributed by atoms with Crippen molar-refractivity contribution in [2.45, 2.75) is 32.2 Å². The predicted molar refractivity (Wildman–Crippen MR) is 85.5 cm³/mol. The van der Waals surface area contributed by atoms with E-state index in [1.807, 2.05) is 0 Å². The highest BCUT2D eigenvalue weighted by atomic mass is 35.5. The van der Waals surface area contributed by atoms with Crippen LogP contribution in [0.2, 0.25) is 5.02 Å². The first-order valence-corrected chi connectivity index (χ1v) is 8.10. The fourth-order valence-corrected chi connectivity index (χ4v) is 2.74. The first-order valence-electron chi connectivity index (χ1n) is 7.72. The third-order valence-electron chi connectivity index (χ3n) is 3.95. The summed E-state index contributed by atoms with van der Waals surface area (Å²) in [5, 5.41) is 10.3. The van der Waals surface area contributed by atoms with Crippen molar-refractivity contribution in [3.63, 3.8) is 0 Å². The van der Waals surface area contributed by atoms with Gasteiger partial charge in [0.2, 0.25) is 11.8 Å². The van der Waals surface area contributed by atoms with Crippen LogP contribution in [0.15, 0.2) is 28.7 Å². The Kier molecular flexibility index (Phi) is 4.90. The van der Waals surface area contributed by atoms with E-state index in [1.165, 1.54) is 26.0 Å². The quantitative estimate of drug-likeness (QED) is 0.518. The van der Waals surface area contributed by atoms with E-state index < -0.39 is 34.7 Å². The van der Waals surface area contributed by atoms with Gasteiger partial charge in [0.05, 0.1) is 16.3 Å². The normalized spacial score (nSPS) is 13.8. The summed E-state index contributed by atoms with van der Waals surface area (Å²) in [6.45, 7) is 2.78. The summed E-state index contributed by atoms with van der Waals surface area (Å²) in [5.41, 5.74) is -2.11. The predicted octanol–water partition coefficient (Wildman–Crippen LogP) is 5.54. The number of halogens is 7. The van der Waals surface area contributed by atoms with Gasteiger partial charge in [-0.3, -0.25) is 4.68 Å². The van der Waals surface area contributed by atoms with E-state index in [1.54, 1.807) is 0 Å². The summed E-state index contributed by atoms with van der Waals surface area (Å²) >= 11 is 5.71. The highest BCUT2D eigenvalue weighted by molar-refractivity contribution is 6.31. The minimum atomic E-state index is -4.75. The molecule has 2 aromatic heterocycles. The van der Waals surface area contributed by atoms with Crippen LogP contribution in [-0.4, -0.2) is 20.0 Å². The van der Waals surface area contributed by atoms with E-state index >= 15 is 0 Å². The van der Waals surface area contributed by atoms with Crippen LogP contribution in [0.25, 0.3) is 11.5 Å². The van der Waals surface area contributed by atoms with Crippen LogP contribution in [0.3, 0.4) is 0 Å². The fourth-order valence-electron chi connectivity index (χ4n) is 2.51. The van der Waals surface area contributed by atoms with Gasteiger partial charge in [0, 0.05) is 5.56 Å². The minimum Gasteiger partial charge on any atom is -0.418 e. The van der Waals surface area contributed by atoms with Crippen molar-refractivity contribution in [3.05, 3.63) is 52.1 Å². The molecule has 0 fully saturated rings. The van der Waals surface area contributed by atoms with Gasteiger partial charge in [0.15, 0.2) is 5.69 Å². The Morgan fingerprint density at radius 3 is 2.32 bits per heavy atom. The van der Waals surface area contributed by atoms with Crippen molar-refractivity contribution in [1.29, 1.82) is 0 Å². The van der Waals surface area contributed by atoms with Gasteiger partial charge >= 0.3 is 12.4 Å². The lowest BCUT2D eigenvalue weighted by Crippen LogP contribution is -2.13. The number of alkyl halides is 6. The van der Waals surface area contributed by atoms with Gasteiger partial charge in [-0.1, -0.05) is 17.7 Å². The second kappa shape index (κ2) is 6.80. The van der Waals surface area contributed by atoms with Crippen LogP contribution < -0.4 is 0 Å². The van der Waals surface area contributed by atoms with Crippen molar-refractivity contribution in [2.24, 2.45) is 0 Å². The molecule has 0 saturated heterocycles. The van der Waals surface area contributed by atoms with E-state index in [-0.39, 0.29) is 23.0 Å². The summed E-state index contributed by atoms with van der Waals surface area (Å²) in [4.78, 5) is 0. The lowest BCUT2D eigenvalue weighted by atomic mass is 10.1. The first kappa shape index (κ1) is 20.2. The number of hydrogen-bond acceptors (Lipinski definition) is 4. The second-order valence-corrected chi connectivity index (χ2v) is 6.27. The molecule has 1 aromatic carbocycles. The molecule has 28 heavy (non-hydrogen) atoms. The van der Waals surface area contributed by atoms with Crippen LogP contribution in [0.1, 0.15) is 35.8 Å². The van der Waals surface area contributed by atoms with Gasteiger partial charge in [0.1, 0.15) is 6.04 Å². The molecule has 1 unspecified atom stereocenters. The molecule has 0 bridgehead atoms. The molecule has 0 saturated carbocycles. The van der Waals surface area contributed by atoms with Crippen LogP contribution in [0.5, 0.6) is 0 Å². The van der Waals surface area contributed by atoms with Gasteiger partial charge in [-0.05, 0) is 32.0 Å². The van der Waals surface area contributed by atoms with Crippen molar-refractivity contribution < 1.29 is 30.8 Å². The number of hydrogen-bond donors (Lipinski definition) is 0. The molecule has 0 amide bonds. The third-order valence-corrected chi connectivity index (χ3v) is 4.40. The lowest BCUT2D eigenvalue weighted by Gasteiger charge is -2.10. The Morgan fingerprint density at radius 1 is 1.07 bits per heavy atom. The van der Waals surface area contributed by atoms with Crippen molar-refractivity contribution in [1.82, 2.24) is 20.0 Å². The van der Waals surface area contributed by atoms with E-state index in [9.17, 15) is 26.3 Å². The van der Waals surface area contributed by atoms with E-state index in [4.69, 9.17) is 16.0 Å². The summed E-state index contributed by atoms with van der Waals surface area (Å²) in [6.07, 6.45) is -9.30. The molecule has 0 aliphatic rings. The maximum atomic E-state index is 13.0. The molecule has 5 nitrogen and oxygen atoms in total. The Labute approximate surface area is 158 Å². The molecule has 12 heteroatoms. The average molecular weight is 425 g/mol. The zero-order valence-electron chi connectivity index (χ0n) is 14.2. The molecule has 0 N–H and O–H groups in total.